The van der Waals surface area contributed by atoms with Gasteiger partial charge in [-0.05, 0) is 56.2 Å². The average molecular weight is 296 g/mol. The van der Waals surface area contributed by atoms with E-state index in [0.29, 0.717) is 11.3 Å². The van der Waals surface area contributed by atoms with Gasteiger partial charge >= 0.3 is 0 Å². The summed E-state index contributed by atoms with van der Waals surface area (Å²) in [5.74, 6) is -0.118. The molecule has 22 heavy (non-hydrogen) atoms. The van der Waals surface area contributed by atoms with Gasteiger partial charge in [0.2, 0.25) is 5.91 Å². The maximum Gasteiger partial charge on any atom is 0.243 e. The molecule has 4 heteroatoms. The Morgan fingerprint density at radius 2 is 1.55 bits per heavy atom. The number of aryl methyl sites for hydroxylation is 2. The van der Waals surface area contributed by atoms with Crippen molar-refractivity contribution in [3.05, 3.63) is 59.2 Å². The normalized spacial score (nSPS) is 10.1. The number of carbonyl (C=O) groups is 2. The lowest BCUT2D eigenvalue weighted by Crippen LogP contribution is -2.22. The highest BCUT2D eigenvalue weighted by atomic mass is 16.2. The van der Waals surface area contributed by atoms with Crippen LogP contribution in [0, 0.1) is 13.8 Å². The smallest absolute Gasteiger partial charge is 0.243 e. The van der Waals surface area contributed by atoms with Crippen LogP contribution < -0.4 is 10.6 Å². The Labute approximate surface area is 130 Å². The van der Waals surface area contributed by atoms with Crippen LogP contribution in [-0.4, -0.2) is 18.2 Å². The van der Waals surface area contributed by atoms with E-state index in [1.54, 1.807) is 24.3 Å². The first-order valence-corrected chi connectivity index (χ1v) is 7.18. The predicted octanol–water partition coefficient (Wildman–Crippen LogP) is 3.56. The van der Waals surface area contributed by atoms with Crippen LogP contribution in [0.3, 0.4) is 0 Å². The number of hydrogen-bond donors (Lipinski definition) is 2. The van der Waals surface area contributed by atoms with E-state index in [2.05, 4.69) is 10.6 Å². The first kappa shape index (κ1) is 15.8. The molecule has 2 aromatic carbocycles. The highest BCUT2D eigenvalue weighted by molar-refractivity contribution is 5.96. The Morgan fingerprint density at radius 1 is 0.955 bits per heavy atom. The van der Waals surface area contributed by atoms with Crippen molar-refractivity contribution in [3.63, 3.8) is 0 Å². The third kappa shape index (κ3) is 3.95. The second-order valence-corrected chi connectivity index (χ2v) is 5.30. The molecular formula is C18H20N2O2. The Morgan fingerprint density at radius 3 is 2.09 bits per heavy atom. The zero-order valence-electron chi connectivity index (χ0n) is 13.1. The van der Waals surface area contributed by atoms with Crippen molar-refractivity contribution in [1.82, 2.24) is 0 Å². The van der Waals surface area contributed by atoms with Gasteiger partial charge in [0, 0.05) is 16.9 Å². The molecule has 0 aliphatic rings. The lowest BCUT2D eigenvalue weighted by Gasteiger charge is -2.12. The number of anilines is 2. The van der Waals surface area contributed by atoms with E-state index in [4.69, 9.17) is 0 Å². The second kappa shape index (κ2) is 6.89. The molecule has 0 fully saturated rings. The first-order chi connectivity index (χ1) is 10.5. The van der Waals surface area contributed by atoms with Gasteiger partial charge < -0.3 is 10.6 Å². The van der Waals surface area contributed by atoms with Gasteiger partial charge in [-0.1, -0.05) is 18.2 Å². The number of Topliss-reactive ketones (excluding diaryl/α,β-unsaturated/α-hetero) is 1. The fraction of sp³-hybridized carbons (Fsp3) is 0.222. The van der Waals surface area contributed by atoms with Crippen molar-refractivity contribution in [1.29, 1.82) is 0 Å². The molecule has 0 aliphatic heterocycles. The highest BCUT2D eigenvalue weighted by Crippen LogP contribution is 2.19. The SMILES string of the molecule is CC(=O)c1ccc(NC(=O)CNc2c(C)cccc2C)cc1. The summed E-state index contributed by atoms with van der Waals surface area (Å²) in [5, 5.41) is 5.97. The number of nitrogens with one attached hydrogen (secondary N) is 2. The number of benzene rings is 2. The minimum atomic E-state index is -0.127. The van der Waals surface area contributed by atoms with E-state index in [1.165, 1.54) is 6.92 Å². The van der Waals surface area contributed by atoms with E-state index in [9.17, 15) is 9.59 Å². The van der Waals surface area contributed by atoms with Crippen molar-refractivity contribution in [2.45, 2.75) is 20.8 Å². The number of rotatable bonds is 5. The third-order valence-corrected chi connectivity index (χ3v) is 3.48. The number of ketones is 1. The molecule has 0 unspecified atom stereocenters. The number of para-hydroxylation sites is 1. The largest absolute Gasteiger partial charge is 0.376 e. The van der Waals surface area contributed by atoms with Crippen LogP contribution in [0.25, 0.3) is 0 Å². The average Bonchev–Trinajstić information content (AvgIpc) is 2.47. The molecule has 0 bridgehead atoms. The fourth-order valence-electron chi connectivity index (χ4n) is 2.26. The van der Waals surface area contributed by atoms with Gasteiger partial charge in [0.1, 0.15) is 0 Å². The summed E-state index contributed by atoms with van der Waals surface area (Å²) >= 11 is 0. The molecular weight excluding hydrogens is 276 g/mol. The minimum Gasteiger partial charge on any atom is -0.376 e. The molecule has 0 radical (unpaired) electrons. The van der Waals surface area contributed by atoms with Crippen molar-refractivity contribution >= 4 is 23.1 Å². The molecule has 0 spiro atoms. The van der Waals surface area contributed by atoms with Crippen molar-refractivity contribution in [3.8, 4) is 0 Å². The molecule has 4 nitrogen and oxygen atoms in total. The van der Waals surface area contributed by atoms with E-state index >= 15 is 0 Å². The number of hydrogen-bond acceptors (Lipinski definition) is 3. The van der Waals surface area contributed by atoms with Gasteiger partial charge in [-0.2, -0.15) is 0 Å². The molecule has 2 aromatic rings. The summed E-state index contributed by atoms with van der Waals surface area (Å²) in [4.78, 5) is 23.2. The zero-order chi connectivity index (χ0) is 16.1. The van der Waals surface area contributed by atoms with Gasteiger partial charge in [0.25, 0.3) is 0 Å². The van der Waals surface area contributed by atoms with E-state index in [-0.39, 0.29) is 18.2 Å². The van der Waals surface area contributed by atoms with Crippen LogP contribution in [0.5, 0.6) is 0 Å². The van der Waals surface area contributed by atoms with Crippen LogP contribution in [0.1, 0.15) is 28.4 Å². The van der Waals surface area contributed by atoms with Crippen molar-refractivity contribution in [2.24, 2.45) is 0 Å². The van der Waals surface area contributed by atoms with Crippen LogP contribution in [-0.2, 0) is 4.79 Å². The molecule has 1 amide bonds. The van der Waals surface area contributed by atoms with Crippen LogP contribution in [0.4, 0.5) is 11.4 Å². The lowest BCUT2D eigenvalue weighted by molar-refractivity contribution is -0.114. The van der Waals surface area contributed by atoms with Crippen LogP contribution in [0.15, 0.2) is 42.5 Å². The molecule has 0 aliphatic carbocycles. The fourth-order valence-corrected chi connectivity index (χ4v) is 2.26. The molecule has 2 rings (SSSR count). The Bertz CT molecular complexity index is 670. The maximum atomic E-state index is 12.0. The zero-order valence-corrected chi connectivity index (χ0v) is 13.1. The summed E-state index contributed by atoms with van der Waals surface area (Å²) in [6, 6.07) is 12.9. The Kier molecular flexibility index (Phi) is 4.94. The van der Waals surface area contributed by atoms with Gasteiger partial charge in [0.15, 0.2) is 5.78 Å². The van der Waals surface area contributed by atoms with Gasteiger partial charge in [-0.25, -0.2) is 0 Å². The van der Waals surface area contributed by atoms with Gasteiger partial charge in [0.05, 0.1) is 6.54 Å². The molecule has 0 heterocycles. The van der Waals surface area contributed by atoms with E-state index in [0.717, 1.165) is 16.8 Å². The molecule has 0 saturated heterocycles. The number of amides is 1. The lowest BCUT2D eigenvalue weighted by atomic mass is 10.1. The molecule has 0 aromatic heterocycles. The maximum absolute atomic E-state index is 12.0. The predicted molar refractivity (Wildman–Crippen MR) is 89.5 cm³/mol. The monoisotopic (exact) mass is 296 g/mol. The van der Waals surface area contributed by atoms with Crippen molar-refractivity contribution in [2.75, 3.05) is 17.2 Å². The highest BCUT2D eigenvalue weighted by Gasteiger charge is 2.06. The molecule has 114 valence electrons. The summed E-state index contributed by atoms with van der Waals surface area (Å²) in [6.45, 7) is 5.73. The topological polar surface area (TPSA) is 58.2 Å². The van der Waals surface area contributed by atoms with Crippen molar-refractivity contribution < 1.29 is 9.59 Å². The van der Waals surface area contributed by atoms with Crippen LogP contribution in [0.2, 0.25) is 0 Å². The Balaban J connectivity index is 1.94. The second-order valence-electron chi connectivity index (χ2n) is 5.30. The van der Waals surface area contributed by atoms with Gasteiger partial charge in [-0.3, -0.25) is 9.59 Å². The third-order valence-electron chi connectivity index (χ3n) is 3.48. The molecule has 0 atom stereocenters. The summed E-state index contributed by atoms with van der Waals surface area (Å²) < 4.78 is 0. The van der Waals surface area contributed by atoms with Crippen LogP contribution >= 0.6 is 0 Å². The quantitative estimate of drug-likeness (QED) is 0.829. The van der Waals surface area contributed by atoms with E-state index < -0.39 is 0 Å². The first-order valence-electron chi connectivity index (χ1n) is 7.18. The number of carbonyl (C=O) groups excluding carboxylic acids is 2. The summed E-state index contributed by atoms with van der Waals surface area (Å²) in [5.41, 5.74) is 4.52. The standard InChI is InChI=1S/C18H20N2O2/c1-12-5-4-6-13(2)18(12)19-11-17(22)20-16-9-7-15(8-10-16)14(3)21/h4-10,19H,11H2,1-3H3,(H,20,22). The molecule has 0 saturated carbocycles. The molecule has 2 N–H and O–H groups in total. The van der Waals surface area contributed by atoms with E-state index in [1.807, 2.05) is 32.0 Å². The summed E-state index contributed by atoms with van der Waals surface area (Å²) in [6.07, 6.45) is 0. The Hall–Kier alpha value is -2.62. The minimum absolute atomic E-state index is 0.00886. The van der Waals surface area contributed by atoms with Gasteiger partial charge in [-0.15, -0.1) is 0 Å². The summed E-state index contributed by atoms with van der Waals surface area (Å²) in [7, 11) is 0.